The first kappa shape index (κ1) is 20.4. The number of nitrogens with one attached hydrogen (secondary N) is 2. The van der Waals surface area contributed by atoms with E-state index >= 15 is 0 Å². The van der Waals surface area contributed by atoms with Crippen LogP contribution in [0.2, 0.25) is 0 Å². The summed E-state index contributed by atoms with van der Waals surface area (Å²) in [5, 5.41) is 14.7. The summed E-state index contributed by atoms with van der Waals surface area (Å²) in [6.07, 6.45) is 1.62. The summed E-state index contributed by atoms with van der Waals surface area (Å²) in [4.78, 5) is 6.84. The number of anilines is 4. The Hall–Kier alpha value is -3.35. The lowest BCUT2D eigenvalue weighted by atomic mass is 10.1. The van der Waals surface area contributed by atoms with Gasteiger partial charge in [0.1, 0.15) is 5.75 Å². The Morgan fingerprint density at radius 3 is 2.45 bits per heavy atom. The van der Waals surface area contributed by atoms with Crippen LogP contribution in [0.3, 0.4) is 0 Å². The van der Waals surface area contributed by atoms with Gasteiger partial charge in [0, 0.05) is 31.0 Å². The standard InChI is InChI=1S/C22H28N6O/c1-5-28(6-2)18-9-12-20(16(3)13-18)25-21-15-24-27-22(26-21)23-14-17-7-10-19(29-4)11-8-17/h7-13,15H,5-6,14H2,1-4H3,(H2,23,25,26,27). The zero-order valence-electron chi connectivity index (χ0n) is 17.4. The molecule has 3 rings (SSSR count). The average molecular weight is 393 g/mol. The van der Waals surface area contributed by atoms with Crippen molar-refractivity contribution >= 4 is 23.1 Å². The quantitative estimate of drug-likeness (QED) is 0.559. The molecule has 0 amide bonds. The van der Waals surface area contributed by atoms with Crippen LogP contribution in [0.25, 0.3) is 0 Å². The van der Waals surface area contributed by atoms with Gasteiger partial charge in [-0.25, -0.2) is 0 Å². The van der Waals surface area contributed by atoms with Gasteiger partial charge in [-0.1, -0.05) is 12.1 Å². The van der Waals surface area contributed by atoms with Gasteiger partial charge in [0.25, 0.3) is 0 Å². The minimum atomic E-state index is 0.475. The maximum atomic E-state index is 5.18. The number of benzene rings is 2. The van der Waals surface area contributed by atoms with Gasteiger partial charge in [-0.3, -0.25) is 0 Å². The van der Waals surface area contributed by atoms with Crippen LogP contribution in [0, 0.1) is 6.92 Å². The number of hydrogen-bond donors (Lipinski definition) is 2. The summed E-state index contributed by atoms with van der Waals surface area (Å²) in [6, 6.07) is 14.3. The van der Waals surface area contributed by atoms with Crippen molar-refractivity contribution in [1.29, 1.82) is 0 Å². The van der Waals surface area contributed by atoms with Crippen LogP contribution in [0.5, 0.6) is 5.75 Å². The molecule has 3 aromatic rings. The lowest BCUT2D eigenvalue weighted by molar-refractivity contribution is 0.414. The SMILES string of the molecule is CCN(CC)c1ccc(Nc2cnnc(NCc3ccc(OC)cc3)n2)c(C)c1. The molecule has 29 heavy (non-hydrogen) atoms. The molecule has 152 valence electrons. The van der Waals surface area contributed by atoms with E-state index in [-0.39, 0.29) is 0 Å². The van der Waals surface area contributed by atoms with E-state index < -0.39 is 0 Å². The van der Waals surface area contributed by atoms with Gasteiger partial charge in [-0.15, -0.1) is 5.10 Å². The highest BCUT2D eigenvalue weighted by atomic mass is 16.5. The highest BCUT2D eigenvalue weighted by Gasteiger charge is 2.07. The van der Waals surface area contributed by atoms with E-state index in [0.717, 1.165) is 35.7 Å². The molecule has 0 atom stereocenters. The number of nitrogens with zero attached hydrogens (tertiary/aromatic N) is 4. The number of aromatic nitrogens is 3. The predicted octanol–water partition coefficient (Wildman–Crippen LogP) is 4.39. The zero-order valence-corrected chi connectivity index (χ0v) is 17.4. The molecule has 0 spiro atoms. The Bertz CT molecular complexity index is 925. The zero-order chi connectivity index (χ0) is 20.6. The predicted molar refractivity (Wildman–Crippen MR) is 118 cm³/mol. The first-order chi connectivity index (χ1) is 14.1. The van der Waals surface area contributed by atoms with Crippen LogP contribution in [0.15, 0.2) is 48.7 Å². The Kier molecular flexibility index (Phi) is 6.84. The lowest BCUT2D eigenvalue weighted by Crippen LogP contribution is -2.21. The van der Waals surface area contributed by atoms with Gasteiger partial charge in [0.15, 0.2) is 5.82 Å². The summed E-state index contributed by atoms with van der Waals surface area (Å²) in [6.45, 7) is 9.00. The van der Waals surface area contributed by atoms with E-state index in [1.807, 2.05) is 24.3 Å². The largest absolute Gasteiger partial charge is 0.497 e. The first-order valence-electron chi connectivity index (χ1n) is 9.82. The van der Waals surface area contributed by atoms with Gasteiger partial charge >= 0.3 is 0 Å². The van der Waals surface area contributed by atoms with Gasteiger partial charge in [0.2, 0.25) is 5.95 Å². The third-order valence-corrected chi connectivity index (χ3v) is 4.77. The Morgan fingerprint density at radius 1 is 1.03 bits per heavy atom. The summed E-state index contributed by atoms with van der Waals surface area (Å²) < 4.78 is 5.18. The fourth-order valence-electron chi connectivity index (χ4n) is 3.07. The van der Waals surface area contributed by atoms with Gasteiger partial charge in [0.05, 0.1) is 13.3 Å². The van der Waals surface area contributed by atoms with E-state index in [0.29, 0.717) is 18.3 Å². The van der Waals surface area contributed by atoms with Gasteiger partial charge < -0.3 is 20.3 Å². The smallest absolute Gasteiger partial charge is 0.244 e. The molecule has 0 radical (unpaired) electrons. The van der Waals surface area contributed by atoms with E-state index in [4.69, 9.17) is 4.74 Å². The molecule has 2 aromatic carbocycles. The summed E-state index contributed by atoms with van der Waals surface area (Å²) in [5.74, 6) is 1.96. The van der Waals surface area contributed by atoms with Gasteiger partial charge in [-0.2, -0.15) is 10.1 Å². The van der Waals surface area contributed by atoms with Crippen LogP contribution in [-0.2, 0) is 6.54 Å². The molecule has 0 aliphatic heterocycles. The molecule has 0 saturated carbocycles. The molecule has 7 nitrogen and oxygen atoms in total. The highest BCUT2D eigenvalue weighted by Crippen LogP contribution is 2.25. The van der Waals surface area contributed by atoms with E-state index in [1.54, 1.807) is 13.3 Å². The molecule has 0 aliphatic carbocycles. The molecule has 1 heterocycles. The van der Waals surface area contributed by atoms with Crippen molar-refractivity contribution in [2.45, 2.75) is 27.3 Å². The van der Waals surface area contributed by atoms with Crippen molar-refractivity contribution in [2.75, 3.05) is 35.7 Å². The number of methoxy groups -OCH3 is 1. The van der Waals surface area contributed by atoms with Crippen LogP contribution in [0.1, 0.15) is 25.0 Å². The average Bonchev–Trinajstić information content (AvgIpc) is 2.75. The maximum Gasteiger partial charge on any atom is 0.244 e. The minimum Gasteiger partial charge on any atom is -0.497 e. The molecule has 0 unspecified atom stereocenters. The normalized spacial score (nSPS) is 10.5. The third-order valence-electron chi connectivity index (χ3n) is 4.77. The van der Waals surface area contributed by atoms with Crippen LogP contribution < -0.4 is 20.3 Å². The van der Waals surface area contributed by atoms with E-state index in [9.17, 15) is 0 Å². The monoisotopic (exact) mass is 392 g/mol. The first-order valence-corrected chi connectivity index (χ1v) is 9.82. The van der Waals surface area contributed by atoms with Crippen LogP contribution >= 0.6 is 0 Å². The molecular weight excluding hydrogens is 364 g/mol. The van der Waals surface area contributed by atoms with Crippen molar-refractivity contribution in [3.05, 3.63) is 59.8 Å². The van der Waals surface area contributed by atoms with Crippen molar-refractivity contribution in [3.63, 3.8) is 0 Å². The summed E-state index contributed by atoms with van der Waals surface area (Å²) in [7, 11) is 1.66. The molecule has 7 heteroatoms. The van der Waals surface area contributed by atoms with Crippen molar-refractivity contribution in [3.8, 4) is 5.75 Å². The van der Waals surface area contributed by atoms with Crippen molar-refractivity contribution < 1.29 is 4.74 Å². The van der Waals surface area contributed by atoms with Crippen LogP contribution in [-0.4, -0.2) is 35.4 Å². The number of ether oxygens (including phenoxy) is 1. The molecule has 0 fully saturated rings. The fraction of sp³-hybridized carbons (Fsp3) is 0.318. The molecule has 0 bridgehead atoms. The maximum absolute atomic E-state index is 5.18. The molecule has 2 N–H and O–H groups in total. The Morgan fingerprint density at radius 2 is 1.79 bits per heavy atom. The van der Waals surface area contributed by atoms with E-state index in [1.165, 1.54) is 5.69 Å². The number of hydrogen-bond acceptors (Lipinski definition) is 7. The minimum absolute atomic E-state index is 0.475. The highest BCUT2D eigenvalue weighted by molar-refractivity contribution is 5.65. The van der Waals surface area contributed by atoms with Crippen molar-refractivity contribution in [1.82, 2.24) is 15.2 Å². The second-order valence-corrected chi connectivity index (χ2v) is 6.66. The summed E-state index contributed by atoms with van der Waals surface area (Å²) >= 11 is 0. The Labute approximate surface area is 172 Å². The van der Waals surface area contributed by atoms with Crippen molar-refractivity contribution in [2.24, 2.45) is 0 Å². The number of rotatable bonds is 9. The van der Waals surface area contributed by atoms with Gasteiger partial charge in [-0.05, 0) is 62.2 Å². The molecule has 0 saturated heterocycles. The summed E-state index contributed by atoms with van der Waals surface area (Å²) in [5.41, 5.74) is 4.49. The topological polar surface area (TPSA) is 75.2 Å². The second-order valence-electron chi connectivity index (χ2n) is 6.66. The molecule has 0 aliphatic rings. The molecular formula is C22H28N6O. The van der Waals surface area contributed by atoms with E-state index in [2.05, 4.69) is 69.7 Å². The third kappa shape index (κ3) is 5.34. The Balaban J connectivity index is 1.66. The fourth-order valence-corrected chi connectivity index (χ4v) is 3.07. The lowest BCUT2D eigenvalue weighted by Gasteiger charge is -2.22. The second kappa shape index (κ2) is 9.73. The number of aryl methyl sites for hydroxylation is 1. The molecule has 1 aromatic heterocycles. The van der Waals surface area contributed by atoms with Crippen LogP contribution in [0.4, 0.5) is 23.1 Å².